The van der Waals surface area contributed by atoms with E-state index < -0.39 is 0 Å². The van der Waals surface area contributed by atoms with Crippen molar-refractivity contribution in [2.45, 2.75) is 32.2 Å². The minimum Gasteiger partial charge on any atom is -0.399 e. The first-order valence-corrected chi connectivity index (χ1v) is 10.3. The Morgan fingerprint density at radius 1 is 0.966 bits per heavy atom. The summed E-state index contributed by atoms with van der Waals surface area (Å²) >= 11 is 0. The minimum atomic E-state index is -0.0553. The zero-order chi connectivity index (χ0) is 20.5. The molecule has 1 heterocycles. The van der Waals surface area contributed by atoms with Gasteiger partial charge in [0.15, 0.2) is 0 Å². The Bertz CT molecular complexity index is 814. The number of benzene rings is 2. The van der Waals surface area contributed by atoms with E-state index in [4.69, 9.17) is 5.73 Å². The average molecular weight is 395 g/mol. The fourth-order valence-electron chi connectivity index (χ4n) is 3.51. The van der Waals surface area contributed by atoms with Gasteiger partial charge in [-0.2, -0.15) is 0 Å². The van der Waals surface area contributed by atoms with E-state index in [2.05, 4.69) is 15.5 Å². The first kappa shape index (κ1) is 20.9. The summed E-state index contributed by atoms with van der Waals surface area (Å²) in [7, 11) is 0. The molecule has 2 aromatic rings. The second kappa shape index (κ2) is 10.6. The van der Waals surface area contributed by atoms with Gasteiger partial charge in [0.25, 0.3) is 5.91 Å². The zero-order valence-electron chi connectivity index (χ0n) is 16.8. The monoisotopic (exact) mass is 394 g/mol. The normalized spacial score (nSPS) is 13.9. The van der Waals surface area contributed by atoms with E-state index in [0.29, 0.717) is 31.5 Å². The van der Waals surface area contributed by atoms with E-state index >= 15 is 0 Å². The third kappa shape index (κ3) is 6.61. The number of carbonyl (C=O) groups is 2. The largest absolute Gasteiger partial charge is 0.399 e. The van der Waals surface area contributed by atoms with Crippen LogP contribution in [0.4, 0.5) is 5.69 Å². The predicted molar refractivity (Wildman–Crippen MR) is 115 cm³/mol. The summed E-state index contributed by atoms with van der Waals surface area (Å²) in [6.07, 6.45) is 3.53. The Morgan fingerprint density at radius 2 is 1.69 bits per heavy atom. The molecule has 2 aromatic carbocycles. The molecule has 1 aliphatic heterocycles. The summed E-state index contributed by atoms with van der Waals surface area (Å²) in [4.78, 5) is 26.7. The van der Waals surface area contributed by atoms with Crippen molar-refractivity contribution >= 4 is 17.5 Å². The molecule has 0 radical (unpaired) electrons. The second-order valence-electron chi connectivity index (χ2n) is 7.48. The molecule has 0 unspecified atom stereocenters. The maximum atomic E-state index is 12.2. The summed E-state index contributed by atoms with van der Waals surface area (Å²) < 4.78 is 0. The van der Waals surface area contributed by atoms with Gasteiger partial charge in [-0.25, -0.2) is 0 Å². The first-order chi connectivity index (χ1) is 14.1. The quantitative estimate of drug-likeness (QED) is 0.570. The Morgan fingerprint density at radius 3 is 2.41 bits per heavy atom. The lowest BCUT2D eigenvalue weighted by Crippen LogP contribution is -2.33. The number of likely N-dealkylation sites (tertiary alicyclic amines) is 1. The van der Waals surface area contributed by atoms with Gasteiger partial charge in [0.2, 0.25) is 5.91 Å². The molecule has 0 spiro atoms. The molecule has 3 rings (SSSR count). The number of nitrogens with two attached hydrogens (primary N) is 1. The summed E-state index contributed by atoms with van der Waals surface area (Å²) in [6, 6.07) is 15.0. The van der Waals surface area contributed by atoms with Crippen molar-refractivity contribution in [1.82, 2.24) is 15.5 Å². The van der Waals surface area contributed by atoms with Crippen LogP contribution in [0, 0.1) is 0 Å². The highest BCUT2D eigenvalue weighted by Crippen LogP contribution is 2.12. The Balaban J connectivity index is 1.37. The van der Waals surface area contributed by atoms with Crippen molar-refractivity contribution in [3.63, 3.8) is 0 Å². The third-order valence-corrected chi connectivity index (χ3v) is 5.29. The van der Waals surface area contributed by atoms with Crippen LogP contribution in [0.15, 0.2) is 48.5 Å². The van der Waals surface area contributed by atoms with Crippen molar-refractivity contribution in [3.8, 4) is 0 Å². The van der Waals surface area contributed by atoms with Gasteiger partial charge in [0.1, 0.15) is 0 Å². The van der Waals surface area contributed by atoms with Gasteiger partial charge in [0, 0.05) is 37.3 Å². The smallest absolute Gasteiger partial charge is 0.251 e. The van der Waals surface area contributed by atoms with Crippen LogP contribution >= 0.6 is 0 Å². The second-order valence-corrected chi connectivity index (χ2v) is 7.48. The minimum absolute atomic E-state index is 0.0167. The molecule has 0 saturated carbocycles. The van der Waals surface area contributed by atoms with E-state index in [1.165, 1.54) is 12.8 Å². The highest BCUT2D eigenvalue weighted by atomic mass is 16.2. The number of nitrogen functional groups attached to an aromatic ring is 1. The van der Waals surface area contributed by atoms with Crippen molar-refractivity contribution in [2.24, 2.45) is 0 Å². The SMILES string of the molecule is Nc1ccccc1CCC(=O)NCc1ccc(C(=O)NCCN2CCCC2)cc1. The predicted octanol–water partition coefficient (Wildman–Crippen LogP) is 2.34. The van der Waals surface area contributed by atoms with Crippen LogP contribution in [-0.2, 0) is 17.8 Å². The molecule has 4 N–H and O–H groups in total. The molecule has 1 aliphatic rings. The van der Waals surface area contributed by atoms with Gasteiger partial charge < -0.3 is 21.3 Å². The number of para-hydroxylation sites is 1. The number of nitrogens with one attached hydrogen (secondary N) is 2. The van der Waals surface area contributed by atoms with Crippen LogP contribution in [0.1, 0.15) is 40.7 Å². The number of hydrogen-bond acceptors (Lipinski definition) is 4. The van der Waals surface area contributed by atoms with E-state index in [1.807, 2.05) is 36.4 Å². The Hall–Kier alpha value is -2.86. The summed E-state index contributed by atoms with van der Waals surface area (Å²) in [6.45, 7) is 4.29. The van der Waals surface area contributed by atoms with Crippen molar-refractivity contribution in [1.29, 1.82) is 0 Å². The van der Waals surface area contributed by atoms with Gasteiger partial charge in [0.05, 0.1) is 0 Å². The maximum absolute atomic E-state index is 12.2. The lowest BCUT2D eigenvalue weighted by Gasteiger charge is -2.14. The van der Waals surface area contributed by atoms with Crippen LogP contribution in [0.2, 0.25) is 0 Å². The number of amides is 2. The fourth-order valence-corrected chi connectivity index (χ4v) is 3.51. The molecule has 6 heteroatoms. The van der Waals surface area contributed by atoms with Crippen LogP contribution in [0.5, 0.6) is 0 Å². The number of rotatable bonds is 9. The average Bonchev–Trinajstić information content (AvgIpc) is 3.25. The Kier molecular flexibility index (Phi) is 7.64. The molecule has 0 aromatic heterocycles. The molecule has 6 nitrogen and oxygen atoms in total. The molecule has 0 bridgehead atoms. The summed E-state index contributed by atoms with van der Waals surface area (Å²) in [5.74, 6) is -0.0720. The number of aryl methyl sites for hydroxylation is 1. The molecule has 0 atom stereocenters. The van der Waals surface area contributed by atoms with Crippen LogP contribution in [-0.4, -0.2) is 42.9 Å². The highest BCUT2D eigenvalue weighted by molar-refractivity contribution is 5.94. The lowest BCUT2D eigenvalue weighted by atomic mass is 10.1. The number of hydrogen-bond donors (Lipinski definition) is 3. The number of nitrogens with zero attached hydrogens (tertiary/aromatic N) is 1. The van der Waals surface area contributed by atoms with Gasteiger partial charge in [-0.3, -0.25) is 9.59 Å². The van der Waals surface area contributed by atoms with Gasteiger partial charge in [-0.15, -0.1) is 0 Å². The summed E-state index contributed by atoms with van der Waals surface area (Å²) in [5, 5.41) is 5.89. The molecule has 1 fully saturated rings. The van der Waals surface area contributed by atoms with E-state index in [-0.39, 0.29) is 11.8 Å². The standard InChI is InChI=1S/C23H30N4O2/c24-21-6-2-1-5-19(21)11-12-22(28)26-17-18-7-9-20(10-8-18)23(29)25-13-16-27-14-3-4-15-27/h1-2,5-10H,3-4,11-17,24H2,(H,25,29)(H,26,28). The van der Waals surface area contributed by atoms with E-state index in [1.54, 1.807) is 12.1 Å². The zero-order valence-corrected chi connectivity index (χ0v) is 16.8. The molecule has 2 amide bonds. The highest BCUT2D eigenvalue weighted by Gasteiger charge is 2.12. The van der Waals surface area contributed by atoms with E-state index in [0.717, 1.165) is 36.4 Å². The van der Waals surface area contributed by atoms with Gasteiger partial charge in [-0.1, -0.05) is 30.3 Å². The molecular formula is C23H30N4O2. The van der Waals surface area contributed by atoms with Crippen LogP contribution in [0.25, 0.3) is 0 Å². The van der Waals surface area contributed by atoms with Gasteiger partial charge >= 0.3 is 0 Å². The first-order valence-electron chi connectivity index (χ1n) is 10.3. The van der Waals surface area contributed by atoms with Crippen molar-refractivity contribution in [2.75, 3.05) is 31.9 Å². The maximum Gasteiger partial charge on any atom is 0.251 e. The number of anilines is 1. The van der Waals surface area contributed by atoms with Crippen LogP contribution in [0.3, 0.4) is 0 Å². The lowest BCUT2D eigenvalue weighted by molar-refractivity contribution is -0.121. The molecular weight excluding hydrogens is 364 g/mol. The van der Waals surface area contributed by atoms with Crippen molar-refractivity contribution in [3.05, 3.63) is 65.2 Å². The summed E-state index contributed by atoms with van der Waals surface area (Å²) in [5.41, 5.74) is 9.22. The topological polar surface area (TPSA) is 87.5 Å². The molecule has 0 aliphatic carbocycles. The number of carbonyl (C=O) groups excluding carboxylic acids is 2. The fraction of sp³-hybridized carbons (Fsp3) is 0.391. The molecule has 154 valence electrons. The molecule has 1 saturated heterocycles. The van der Waals surface area contributed by atoms with Crippen LogP contribution < -0.4 is 16.4 Å². The third-order valence-electron chi connectivity index (χ3n) is 5.29. The molecule has 29 heavy (non-hydrogen) atoms. The van der Waals surface area contributed by atoms with E-state index in [9.17, 15) is 9.59 Å². The van der Waals surface area contributed by atoms with Gasteiger partial charge in [-0.05, 0) is 61.7 Å². The van der Waals surface area contributed by atoms with Crippen molar-refractivity contribution < 1.29 is 9.59 Å². The Labute approximate surface area is 172 Å².